The maximum absolute atomic E-state index is 9.04. The van der Waals surface area contributed by atoms with Crippen molar-refractivity contribution in [3.05, 3.63) is 33.0 Å². The Morgan fingerprint density at radius 1 is 1.50 bits per heavy atom. The van der Waals surface area contributed by atoms with Crippen LogP contribution in [0.1, 0.15) is 11.3 Å². The van der Waals surface area contributed by atoms with Crippen LogP contribution >= 0.6 is 27.5 Å². The molecule has 0 saturated carbocycles. The molecular formula is C10H8BrClO2. The van der Waals surface area contributed by atoms with Crippen LogP contribution in [-0.2, 0) is 6.61 Å². The van der Waals surface area contributed by atoms with Crippen molar-refractivity contribution in [1.82, 2.24) is 0 Å². The highest BCUT2D eigenvalue weighted by atomic mass is 79.9. The van der Waals surface area contributed by atoms with Crippen molar-refractivity contribution >= 4 is 38.5 Å². The number of aryl methyl sites for hydroxylation is 1. The van der Waals surface area contributed by atoms with Crippen LogP contribution in [0.4, 0.5) is 0 Å². The molecular weight excluding hydrogens is 267 g/mol. The van der Waals surface area contributed by atoms with Crippen LogP contribution in [0.2, 0.25) is 5.02 Å². The zero-order chi connectivity index (χ0) is 10.3. The molecule has 0 aliphatic carbocycles. The maximum atomic E-state index is 9.04. The quantitative estimate of drug-likeness (QED) is 0.862. The number of aliphatic hydroxyl groups excluding tert-OH is 1. The highest BCUT2D eigenvalue weighted by Gasteiger charge is 2.12. The molecule has 0 unspecified atom stereocenters. The molecule has 0 amide bonds. The fourth-order valence-electron chi connectivity index (χ4n) is 1.44. The molecule has 0 atom stereocenters. The maximum Gasteiger partial charge on any atom is 0.148 e. The molecule has 0 bridgehead atoms. The van der Waals surface area contributed by atoms with E-state index in [1.807, 2.05) is 13.0 Å². The van der Waals surface area contributed by atoms with Crippen LogP contribution in [0.5, 0.6) is 0 Å². The lowest BCUT2D eigenvalue weighted by atomic mass is 10.1. The molecule has 1 N–H and O–H groups in total. The Labute approximate surface area is 94.6 Å². The second kappa shape index (κ2) is 3.57. The average molecular weight is 276 g/mol. The lowest BCUT2D eigenvalue weighted by Gasteiger charge is -1.94. The van der Waals surface area contributed by atoms with Crippen molar-refractivity contribution < 1.29 is 9.52 Å². The Kier molecular flexibility index (Phi) is 2.56. The van der Waals surface area contributed by atoms with E-state index in [2.05, 4.69) is 15.9 Å². The molecule has 2 aromatic rings. The van der Waals surface area contributed by atoms with Gasteiger partial charge in [0.05, 0.1) is 4.47 Å². The fourth-order valence-corrected chi connectivity index (χ4v) is 2.33. The number of rotatable bonds is 1. The summed E-state index contributed by atoms with van der Waals surface area (Å²) in [5, 5.41) is 10.6. The summed E-state index contributed by atoms with van der Waals surface area (Å²) in [6.45, 7) is 1.81. The van der Waals surface area contributed by atoms with E-state index in [0.29, 0.717) is 10.8 Å². The molecule has 0 aliphatic rings. The minimum atomic E-state index is -0.0927. The molecule has 0 aliphatic heterocycles. The van der Waals surface area contributed by atoms with E-state index in [-0.39, 0.29) is 6.61 Å². The number of benzene rings is 1. The number of aliphatic hydroxyl groups is 1. The van der Waals surface area contributed by atoms with Gasteiger partial charge in [-0.3, -0.25) is 0 Å². The first-order chi connectivity index (χ1) is 6.63. The van der Waals surface area contributed by atoms with Gasteiger partial charge in [-0.05, 0) is 35.0 Å². The minimum Gasteiger partial charge on any atom is -0.457 e. The third kappa shape index (κ3) is 1.45. The summed E-state index contributed by atoms with van der Waals surface area (Å²) in [6, 6.07) is 3.60. The van der Waals surface area contributed by atoms with Gasteiger partial charge < -0.3 is 9.52 Å². The van der Waals surface area contributed by atoms with Crippen molar-refractivity contribution in [3.8, 4) is 0 Å². The SMILES string of the molecule is Cc1c(CO)oc2c(Br)cc(Cl)cc12. The minimum absolute atomic E-state index is 0.0927. The van der Waals surface area contributed by atoms with Gasteiger partial charge in [-0.2, -0.15) is 0 Å². The average Bonchev–Trinajstić information content (AvgIpc) is 2.44. The lowest BCUT2D eigenvalue weighted by Crippen LogP contribution is -1.80. The third-order valence-corrected chi connectivity index (χ3v) is 3.01. The number of halogens is 2. The largest absolute Gasteiger partial charge is 0.457 e. The Hall–Kier alpha value is -0.510. The second-order valence-corrected chi connectivity index (χ2v) is 4.36. The van der Waals surface area contributed by atoms with Crippen molar-refractivity contribution in [2.24, 2.45) is 0 Å². The molecule has 4 heteroatoms. The van der Waals surface area contributed by atoms with Crippen LogP contribution in [0, 0.1) is 6.92 Å². The molecule has 1 heterocycles. The summed E-state index contributed by atoms with van der Waals surface area (Å²) in [6.07, 6.45) is 0. The van der Waals surface area contributed by atoms with Gasteiger partial charge in [0.15, 0.2) is 0 Å². The first-order valence-corrected chi connectivity index (χ1v) is 5.28. The Morgan fingerprint density at radius 3 is 2.86 bits per heavy atom. The summed E-state index contributed by atoms with van der Waals surface area (Å²) in [5.74, 6) is 0.586. The second-order valence-electron chi connectivity index (χ2n) is 3.07. The highest BCUT2D eigenvalue weighted by molar-refractivity contribution is 9.10. The van der Waals surface area contributed by atoms with E-state index in [4.69, 9.17) is 21.1 Å². The van der Waals surface area contributed by atoms with Gasteiger partial charge in [0.25, 0.3) is 0 Å². The number of fused-ring (bicyclic) bond motifs is 1. The monoisotopic (exact) mass is 274 g/mol. The van der Waals surface area contributed by atoms with Gasteiger partial charge >= 0.3 is 0 Å². The highest BCUT2D eigenvalue weighted by Crippen LogP contribution is 2.33. The zero-order valence-corrected chi connectivity index (χ0v) is 9.82. The van der Waals surface area contributed by atoms with Gasteiger partial charge in [0, 0.05) is 16.0 Å². The van der Waals surface area contributed by atoms with E-state index in [9.17, 15) is 0 Å². The van der Waals surface area contributed by atoms with Crippen LogP contribution < -0.4 is 0 Å². The molecule has 14 heavy (non-hydrogen) atoms. The van der Waals surface area contributed by atoms with Crippen molar-refractivity contribution in [1.29, 1.82) is 0 Å². The third-order valence-electron chi connectivity index (χ3n) is 2.20. The number of furan rings is 1. The van der Waals surface area contributed by atoms with Crippen molar-refractivity contribution in [2.45, 2.75) is 13.5 Å². The van der Waals surface area contributed by atoms with E-state index in [1.165, 1.54) is 0 Å². The standard InChI is InChI=1S/C10H8BrClO2/c1-5-7-2-6(12)3-8(11)10(7)14-9(5)4-13/h2-3,13H,4H2,1H3. The lowest BCUT2D eigenvalue weighted by molar-refractivity contribution is 0.250. The number of hydrogen-bond acceptors (Lipinski definition) is 2. The topological polar surface area (TPSA) is 33.4 Å². The summed E-state index contributed by atoms with van der Waals surface area (Å²) in [4.78, 5) is 0. The molecule has 0 fully saturated rings. The van der Waals surface area contributed by atoms with Crippen molar-refractivity contribution in [3.63, 3.8) is 0 Å². The van der Waals surface area contributed by atoms with Gasteiger partial charge in [0.2, 0.25) is 0 Å². The van der Waals surface area contributed by atoms with Crippen LogP contribution in [0.15, 0.2) is 21.0 Å². The van der Waals surface area contributed by atoms with E-state index in [1.54, 1.807) is 6.07 Å². The van der Waals surface area contributed by atoms with Gasteiger partial charge in [-0.1, -0.05) is 11.6 Å². The number of hydrogen-bond donors (Lipinski definition) is 1. The first-order valence-electron chi connectivity index (χ1n) is 4.11. The van der Waals surface area contributed by atoms with Gasteiger partial charge in [0.1, 0.15) is 18.0 Å². The van der Waals surface area contributed by atoms with Gasteiger partial charge in [-0.15, -0.1) is 0 Å². The summed E-state index contributed by atoms with van der Waals surface area (Å²) in [5.41, 5.74) is 1.67. The molecule has 2 nitrogen and oxygen atoms in total. The Morgan fingerprint density at radius 2 is 2.21 bits per heavy atom. The normalized spacial score (nSPS) is 11.1. The molecule has 0 saturated heterocycles. The van der Waals surface area contributed by atoms with Crippen LogP contribution in [0.25, 0.3) is 11.0 Å². The molecule has 74 valence electrons. The predicted octanol–water partition coefficient (Wildman–Crippen LogP) is 3.65. The van der Waals surface area contributed by atoms with Crippen LogP contribution in [0.3, 0.4) is 0 Å². The molecule has 1 aromatic heterocycles. The van der Waals surface area contributed by atoms with Crippen LogP contribution in [-0.4, -0.2) is 5.11 Å². The predicted molar refractivity (Wildman–Crippen MR) is 59.6 cm³/mol. The summed E-state index contributed by atoms with van der Waals surface area (Å²) in [7, 11) is 0. The first kappa shape index (κ1) is 10.0. The Bertz CT molecular complexity index is 490. The summed E-state index contributed by atoms with van der Waals surface area (Å²) >= 11 is 9.28. The van der Waals surface area contributed by atoms with E-state index >= 15 is 0 Å². The van der Waals surface area contributed by atoms with E-state index < -0.39 is 0 Å². The fraction of sp³-hybridized carbons (Fsp3) is 0.200. The van der Waals surface area contributed by atoms with E-state index in [0.717, 1.165) is 21.0 Å². The molecule has 0 spiro atoms. The molecule has 0 radical (unpaired) electrons. The smallest absolute Gasteiger partial charge is 0.148 e. The summed E-state index contributed by atoms with van der Waals surface area (Å²) < 4.78 is 6.29. The van der Waals surface area contributed by atoms with Crippen molar-refractivity contribution in [2.75, 3.05) is 0 Å². The Balaban J connectivity index is 2.85. The zero-order valence-electron chi connectivity index (χ0n) is 7.47. The molecule has 2 rings (SSSR count). The molecule has 1 aromatic carbocycles. The van der Waals surface area contributed by atoms with Gasteiger partial charge in [-0.25, -0.2) is 0 Å².